The maximum atomic E-state index is 9.85. The van der Waals surface area contributed by atoms with Crippen LogP contribution in [0.1, 0.15) is 6.92 Å². The minimum atomic E-state index is -4.62. The van der Waals surface area contributed by atoms with E-state index in [4.69, 9.17) is 9.79 Å². The van der Waals surface area contributed by atoms with Gasteiger partial charge < -0.3 is 14.5 Å². The van der Waals surface area contributed by atoms with Crippen LogP contribution >= 0.6 is 7.60 Å². The number of carbonyl (C=O) groups excluding carboxylic acids is 1. The van der Waals surface area contributed by atoms with Gasteiger partial charge in [-0.05, 0) is 0 Å². The molecule has 0 aliphatic rings. The summed E-state index contributed by atoms with van der Waals surface area (Å²) >= 11 is 1.37. The van der Waals surface area contributed by atoms with Crippen molar-refractivity contribution in [3.05, 3.63) is 0 Å². The van der Waals surface area contributed by atoms with Crippen molar-refractivity contribution in [2.75, 3.05) is 7.11 Å². The van der Waals surface area contributed by atoms with E-state index in [1.165, 1.54) is 31.6 Å². The number of ether oxygens (including phenoxy) is 1. The average Bonchev–Trinajstić information content (AvgIpc) is 1.86. The molecule has 0 bridgehead atoms. The summed E-state index contributed by atoms with van der Waals surface area (Å²) in [5.41, 5.74) is -1.50. The van der Waals surface area contributed by atoms with Crippen LogP contribution in [0.3, 0.4) is 0 Å². The Morgan fingerprint density at radius 3 is 1.91 bits per heavy atom. The zero-order valence-corrected chi connectivity index (χ0v) is 9.67. The zero-order chi connectivity index (χ0) is 9.49. The summed E-state index contributed by atoms with van der Waals surface area (Å²) in [6.07, 6.45) is 0. The molecule has 0 rings (SSSR count). The molecule has 0 aromatic heterocycles. The third-order valence-electron chi connectivity index (χ3n) is 0.412. The molecule has 0 heterocycles. The standard InChI is InChI=1S/C2H5O5P.C2H5.Na/c1-7-2(3)8(4,5)6;1-2;/h1H3,(H2,4,5,6);1H2,2H3;. The second-order valence-electron chi connectivity index (χ2n) is 1.72. The average molecular weight is 192 g/mol. The summed E-state index contributed by atoms with van der Waals surface area (Å²) in [7, 11) is -3.71. The SMILES string of the molecule is COC(=O)P(=O)(O)O.C[CH2][Na]. The first-order valence-corrected chi connectivity index (χ1v) is 6.06. The van der Waals surface area contributed by atoms with Crippen molar-refractivity contribution in [3.8, 4) is 0 Å². The molecular weight excluding hydrogens is 182 g/mol. The predicted octanol–water partition coefficient (Wildman–Crippen LogP) is 0.524. The van der Waals surface area contributed by atoms with Gasteiger partial charge in [0.15, 0.2) is 0 Å². The molecule has 0 aliphatic heterocycles. The summed E-state index contributed by atoms with van der Waals surface area (Å²) in [5.74, 6) is 0. The third-order valence-corrected chi connectivity index (χ3v) is 1.07. The van der Waals surface area contributed by atoms with Crippen molar-refractivity contribution in [2.24, 2.45) is 0 Å². The molecule has 0 radical (unpaired) electrons. The first-order chi connectivity index (χ1) is 4.90. The number of methoxy groups -OCH3 is 1. The second kappa shape index (κ2) is 7.28. The molecular formula is C4H10NaO5P. The van der Waals surface area contributed by atoms with Crippen molar-refractivity contribution >= 4 is 41.2 Å². The van der Waals surface area contributed by atoms with E-state index in [0.29, 0.717) is 0 Å². The Labute approximate surface area is 82.7 Å². The van der Waals surface area contributed by atoms with E-state index in [1.54, 1.807) is 0 Å². The molecule has 0 fully saturated rings. The Morgan fingerprint density at radius 2 is 1.91 bits per heavy atom. The molecule has 62 valence electrons. The predicted molar refractivity (Wildman–Crippen MR) is 40.7 cm³/mol. The normalized spacial score (nSPS) is 9.64. The number of hydrogen-bond donors (Lipinski definition) is 2. The van der Waals surface area contributed by atoms with Gasteiger partial charge in [0.05, 0.1) is 7.11 Å². The molecule has 0 amide bonds. The first-order valence-electron chi connectivity index (χ1n) is 3.04. The van der Waals surface area contributed by atoms with Crippen molar-refractivity contribution in [1.82, 2.24) is 0 Å². The van der Waals surface area contributed by atoms with Gasteiger partial charge in [-0.1, -0.05) is 0 Å². The van der Waals surface area contributed by atoms with E-state index >= 15 is 0 Å². The summed E-state index contributed by atoms with van der Waals surface area (Å²) in [6, 6.07) is 0. The van der Waals surface area contributed by atoms with Crippen LogP contribution in [0.25, 0.3) is 0 Å². The summed E-state index contributed by atoms with van der Waals surface area (Å²) in [4.78, 5) is 25.7. The van der Waals surface area contributed by atoms with Crippen LogP contribution in [-0.4, -0.2) is 50.5 Å². The van der Waals surface area contributed by atoms with Gasteiger partial charge in [0.25, 0.3) is 0 Å². The second-order valence-corrected chi connectivity index (χ2v) is 4.59. The molecule has 0 unspecified atom stereocenters. The Kier molecular flexibility index (Phi) is 9.37. The number of carbonyl (C=O) groups is 1. The van der Waals surface area contributed by atoms with Gasteiger partial charge in [0, 0.05) is 0 Å². The molecule has 0 atom stereocenters. The zero-order valence-electron chi connectivity index (χ0n) is 6.77. The van der Waals surface area contributed by atoms with Crippen LogP contribution < -0.4 is 0 Å². The fraction of sp³-hybridized carbons (Fsp3) is 0.750. The number of hydrogen-bond acceptors (Lipinski definition) is 3. The van der Waals surface area contributed by atoms with Crippen molar-refractivity contribution in [2.45, 2.75) is 10.6 Å². The Balaban J connectivity index is 0. The van der Waals surface area contributed by atoms with Crippen LogP contribution in [0.2, 0.25) is 3.67 Å². The molecule has 0 saturated carbocycles. The van der Waals surface area contributed by atoms with E-state index in [-0.39, 0.29) is 0 Å². The van der Waals surface area contributed by atoms with Gasteiger partial charge in [0.1, 0.15) is 0 Å². The summed E-state index contributed by atoms with van der Waals surface area (Å²) < 4.78 is 14.9. The van der Waals surface area contributed by atoms with Crippen LogP contribution in [0.4, 0.5) is 4.79 Å². The van der Waals surface area contributed by atoms with Gasteiger partial charge in [-0.3, -0.25) is 0 Å². The maximum absolute atomic E-state index is 9.85. The molecule has 0 aromatic rings. The monoisotopic (exact) mass is 192 g/mol. The Hall–Kier alpha value is 0.620. The van der Waals surface area contributed by atoms with Crippen molar-refractivity contribution in [3.63, 3.8) is 0 Å². The van der Waals surface area contributed by atoms with Crippen molar-refractivity contribution in [1.29, 1.82) is 0 Å². The first kappa shape index (κ1) is 14.2. The van der Waals surface area contributed by atoms with Crippen molar-refractivity contribution < 1.29 is 23.9 Å². The van der Waals surface area contributed by atoms with Gasteiger partial charge >= 0.3 is 51.8 Å². The molecule has 5 nitrogen and oxygen atoms in total. The molecule has 7 heteroatoms. The van der Waals surface area contributed by atoms with Crippen LogP contribution in [0.5, 0.6) is 0 Å². The van der Waals surface area contributed by atoms with Gasteiger partial charge in [-0.15, -0.1) is 0 Å². The van der Waals surface area contributed by atoms with E-state index < -0.39 is 13.3 Å². The fourth-order valence-corrected chi connectivity index (χ4v) is 0.357. The Morgan fingerprint density at radius 1 is 1.64 bits per heavy atom. The molecule has 0 saturated heterocycles. The van der Waals surface area contributed by atoms with E-state index in [1.807, 2.05) is 0 Å². The Bertz CT molecular complexity index is 153. The molecule has 0 aliphatic carbocycles. The number of rotatable bonds is 1. The van der Waals surface area contributed by atoms with Crippen LogP contribution in [-0.2, 0) is 9.30 Å². The van der Waals surface area contributed by atoms with Crippen LogP contribution in [0, 0.1) is 0 Å². The van der Waals surface area contributed by atoms with Gasteiger partial charge in [-0.2, -0.15) is 0 Å². The molecule has 0 aromatic carbocycles. The van der Waals surface area contributed by atoms with E-state index in [2.05, 4.69) is 11.7 Å². The van der Waals surface area contributed by atoms with Gasteiger partial charge in [-0.25, -0.2) is 9.36 Å². The summed E-state index contributed by atoms with van der Waals surface area (Å²) in [6.45, 7) is 2.19. The third kappa shape index (κ3) is 10.6. The van der Waals surface area contributed by atoms with E-state index in [9.17, 15) is 9.36 Å². The van der Waals surface area contributed by atoms with E-state index in [0.717, 1.165) is 7.11 Å². The minimum absolute atomic E-state index is 0.904. The van der Waals surface area contributed by atoms with Gasteiger partial charge in [0.2, 0.25) is 0 Å². The quantitative estimate of drug-likeness (QED) is 0.467. The molecule has 0 spiro atoms. The summed E-state index contributed by atoms with van der Waals surface area (Å²) in [5, 5.41) is 0. The fourth-order valence-electron chi connectivity index (χ4n) is 0.119. The molecule has 2 N–H and O–H groups in total. The molecule has 11 heavy (non-hydrogen) atoms. The topological polar surface area (TPSA) is 83.8 Å². The van der Waals surface area contributed by atoms with Crippen LogP contribution in [0.15, 0.2) is 0 Å².